The zero-order chi connectivity index (χ0) is 27.4. The second-order valence-corrected chi connectivity index (χ2v) is 17.9. The molecule has 218 valence electrons. The Morgan fingerprint density at radius 3 is 1.37 bits per heavy atom. The summed E-state index contributed by atoms with van der Waals surface area (Å²) in [5.74, 6) is 1.78. The zero-order valence-electron chi connectivity index (χ0n) is 24.5. The highest BCUT2D eigenvalue weighted by molar-refractivity contribution is 6.66. The van der Waals surface area contributed by atoms with Gasteiger partial charge in [-0.05, 0) is 99.8 Å². The lowest BCUT2D eigenvalue weighted by atomic mass is 10.0. The van der Waals surface area contributed by atoms with Gasteiger partial charge in [0.05, 0.1) is 13.2 Å². The van der Waals surface area contributed by atoms with Crippen molar-refractivity contribution in [2.45, 2.75) is 102 Å². The Balaban J connectivity index is 1.86. The van der Waals surface area contributed by atoms with Gasteiger partial charge in [-0.2, -0.15) is 0 Å². The Morgan fingerprint density at radius 1 is 0.658 bits per heavy atom. The average Bonchev–Trinajstić information content (AvgIpc) is 2.95. The topological polar surface area (TPSA) is 73.8 Å². The predicted octanol–water partition coefficient (Wildman–Crippen LogP) is 6.09. The first kappa shape index (κ1) is 31.5. The van der Waals surface area contributed by atoms with Gasteiger partial charge in [0.25, 0.3) is 0 Å². The highest BCUT2D eigenvalue weighted by atomic mass is 28.4. The largest absolute Gasteiger partial charge is 0.465 e. The molecular weight excluding hydrogens is 520 g/mol. The van der Waals surface area contributed by atoms with Crippen LogP contribution in [0.3, 0.4) is 0 Å². The van der Waals surface area contributed by atoms with E-state index in [2.05, 4.69) is 25.2 Å². The fourth-order valence-electron chi connectivity index (χ4n) is 4.92. The van der Waals surface area contributed by atoms with Gasteiger partial charge in [-0.15, -0.1) is 0 Å². The smallest absolute Gasteiger partial charge is 0.334 e. The summed E-state index contributed by atoms with van der Waals surface area (Å²) >= 11 is 0. The summed E-state index contributed by atoms with van der Waals surface area (Å²) in [4.78, 5) is 0. The van der Waals surface area contributed by atoms with Crippen LogP contribution in [0.15, 0.2) is 12.1 Å². The molecule has 3 rings (SSSR count). The van der Waals surface area contributed by atoms with Gasteiger partial charge < -0.3 is 36.7 Å². The molecule has 0 saturated carbocycles. The summed E-state index contributed by atoms with van der Waals surface area (Å²) in [6.45, 7) is 5.71. The van der Waals surface area contributed by atoms with Crippen LogP contribution in [-0.4, -0.2) is 71.4 Å². The molecule has 2 saturated heterocycles. The van der Waals surface area contributed by atoms with E-state index in [0.29, 0.717) is 0 Å². The van der Waals surface area contributed by atoms with E-state index in [9.17, 15) is 0 Å². The van der Waals surface area contributed by atoms with Crippen molar-refractivity contribution in [3.8, 4) is 11.5 Å². The van der Waals surface area contributed by atoms with Gasteiger partial charge in [0.15, 0.2) is 12.6 Å². The van der Waals surface area contributed by atoms with Gasteiger partial charge in [0, 0.05) is 41.3 Å². The fraction of sp³-hybridized carbons (Fsp3) is 0.786. The molecule has 0 bridgehead atoms. The Hall–Kier alpha value is -0.986. The summed E-state index contributed by atoms with van der Waals surface area (Å²) in [5.41, 5.74) is 2.26. The number of hydrogen-bond acceptors (Lipinski definition) is 8. The monoisotopic (exact) mass is 570 g/mol. The Labute approximate surface area is 232 Å². The Morgan fingerprint density at radius 2 is 1.05 bits per heavy atom. The highest BCUT2D eigenvalue weighted by Crippen LogP contribution is 2.35. The molecule has 8 nitrogen and oxygen atoms in total. The molecule has 1 aromatic carbocycles. The van der Waals surface area contributed by atoms with Crippen LogP contribution in [0.2, 0.25) is 25.2 Å². The minimum absolute atomic E-state index is 0.209. The molecule has 0 N–H and O–H groups in total. The molecule has 2 aliphatic rings. The van der Waals surface area contributed by atoms with Gasteiger partial charge in [-0.25, -0.2) is 0 Å². The third-order valence-electron chi connectivity index (χ3n) is 7.92. The molecule has 0 aromatic heterocycles. The van der Waals surface area contributed by atoms with E-state index in [1.807, 2.05) is 0 Å². The van der Waals surface area contributed by atoms with Crippen LogP contribution in [0.25, 0.3) is 0 Å². The number of benzene rings is 1. The third kappa shape index (κ3) is 9.58. The molecule has 2 fully saturated rings. The van der Waals surface area contributed by atoms with Crippen LogP contribution in [-0.2, 0) is 40.0 Å². The predicted molar refractivity (Wildman–Crippen MR) is 152 cm³/mol. The average molecular weight is 571 g/mol. The van der Waals surface area contributed by atoms with Crippen molar-refractivity contribution in [1.82, 2.24) is 0 Å². The van der Waals surface area contributed by atoms with Crippen LogP contribution >= 0.6 is 0 Å². The SMILES string of the molecule is CO[Si](C)(CCCc1cc(OC2CCCCO2)c(CCC[Si](C)(OC)OC)cc1OC1CCCCO1)OC. The van der Waals surface area contributed by atoms with Gasteiger partial charge in [-0.3, -0.25) is 0 Å². The maximum absolute atomic E-state index is 6.50. The van der Waals surface area contributed by atoms with Crippen LogP contribution < -0.4 is 9.47 Å². The molecule has 1 aromatic rings. The van der Waals surface area contributed by atoms with Gasteiger partial charge >= 0.3 is 17.1 Å². The van der Waals surface area contributed by atoms with Gasteiger partial charge in [-0.1, -0.05) is 0 Å². The lowest BCUT2D eigenvalue weighted by Crippen LogP contribution is -2.36. The van der Waals surface area contributed by atoms with Crippen molar-refractivity contribution < 1.29 is 36.7 Å². The third-order valence-corrected chi connectivity index (χ3v) is 13.9. The molecule has 2 atom stereocenters. The van der Waals surface area contributed by atoms with Crippen molar-refractivity contribution in [3.63, 3.8) is 0 Å². The molecule has 0 radical (unpaired) electrons. The molecule has 2 unspecified atom stereocenters. The maximum Gasteiger partial charge on any atom is 0.334 e. The lowest BCUT2D eigenvalue weighted by Gasteiger charge is -2.28. The summed E-state index contributed by atoms with van der Waals surface area (Å²) < 4.78 is 47.7. The summed E-state index contributed by atoms with van der Waals surface area (Å²) in [6.07, 6.45) is 9.39. The number of rotatable bonds is 16. The van der Waals surface area contributed by atoms with Crippen LogP contribution in [0, 0.1) is 0 Å². The van der Waals surface area contributed by atoms with Crippen molar-refractivity contribution in [2.75, 3.05) is 41.7 Å². The molecule has 38 heavy (non-hydrogen) atoms. The van der Waals surface area contributed by atoms with Crippen molar-refractivity contribution in [1.29, 1.82) is 0 Å². The van der Waals surface area contributed by atoms with Gasteiger partial charge in [0.2, 0.25) is 0 Å². The fourth-order valence-corrected chi connectivity index (χ4v) is 7.71. The van der Waals surface area contributed by atoms with Crippen LogP contribution in [0.4, 0.5) is 0 Å². The zero-order valence-corrected chi connectivity index (χ0v) is 26.5. The van der Waals surface area contributed by atoms with E-state index < -0.39 is 17.1 Å². The maximum atomic E-state index is 6.50. The molecule has 2 aliphatic heterocycles. The van der Waals surface area contributed by atoms with Crippen LogP contribution in [0.5, 0.6) is 11.5 Å². The molecule has 2 heterocycles. The molecule has 0 amide bonds. The van der Waals surface area contributed by atoms with E-state index in [0.717, 1.165) is 112 Å². The van der Waals surface area contributed by atoms with E-state index in [1.165, 1.54) is 0 Å². The highest BCUT2D eigenvalue weighted by Gasteiger charge is 2.30. The number of aryl methyl sites for hydroxylation is 2. The first-order valence-corrected chi connectivity index (χ1v) is 19.3. The molecule has 0 aliphatic carbocycles. The van der Waals surface area contributed by atoms with E-state index in [-0.39, 0.29) is 12.6 Å². The van der Waals surface area contributed by atoms with Crippen molar-refractivity contribution in [2.24, 2.45) is 0 Å². The Kier molecular flexibility index (Phi) is 13.0. The number of ether oxygens (including phenoxy) is 4. The first-order chi connectivity index (χ1) is 18.3. The normalized spacial score (nSPS) is 20.9. The summed E-state index contributed by atoms with van der Waals surface area (Å²) in [7, 11) is 2.69. The van der Waals surface area contributed by atoms with E-state index >= 15 is 0 Å². The quantitative estimate of drug-likeness (QED) is 0.221. The first-order valence-electron chi connectivity index (χ1n) is 14.3. The van der Waals surface area contributed by atoms with Crippen molar-refractivity contribution >= 4 is 17.1 Å². The minimum atomic E-state index is -2.15. The van der Waals surface area contributed by atoms with Crippen molar-refractivity contribution in [3.05, 3.63) is 23.3 Å². The van der Waals surface area contributed by atoms with E-state index in [1.54, 1.807) is 28.4 Å². The van der Waals surface area contributed by atoms with Crippen LogP contribution in [0.1, 0.15) is 62.5 Å². The number of hydrogen-bond donors (Lipinski definition) is 0. The molecule has 10 heteroatoms. The summed E-state index contributed by atoms with van der Waals surface area (Å²) in [5, 5.41) is 0. The van der Waals surface area contributed by atoms with E-state index in [4.69, 9.17) is 36.7 Å². The van der Waals surface area contributed by atoms with Gasteiger partial charge in [0.1, 0.15) is 11.5 Å². The molecule has 0 spiro atoms. The minimum Gasteiger partial charge on any atom is -0.465 e. The second kappa shape index (κ2) is 15.7. The Bertz CT molecular complexity index is 752. The standard InChI is InChI=1S/C28H50O8Si2/c1-29-37(5,30-2)19-11-13-23-21-26(36-28-16-8-10-18-34-28)24(14-12-20-38(6,31-3)32-4)22-25(23)35-27-15-7-9-17-33-27/h21-22,27-28H,7-20H2,1-6H3. The summed E-state index contributed by atoms with van der Waals surface area (Å²) in [6, 6.07) is 6.15. The second-order valence-electron chi connectivity index (χ2n) is 10.7. The molecular formula is C28H50O8Si2. The lowest BCUT2D eigenvalue weighted by molar-refractivity contribution is -0.108.